The quantitative estimate of drug-likeness (QED) is 0.323. The predicted octanol–water partition coefficient (Wildman–Crippen LogP) is 1.48. The van der Waals surface area contributed by atoms with E-state index in [-0.39, 0.29) is 68.3 Å². The Balaban J connectivity index is -0.0000000560. The first kappa shape index (κ1) is 32.5. The molecule has 124 valence electrons. The topological polar surface area (TPSA) is 210 Å². The van der Waals surface area contributed by atoms with Gasteiger partial charge < -0.3 is 42.5 Å². The third-order valence-electron chi connectivity index (χ3n) is 0.618. The van der Waals surface area contributed by atoms with Gasteiger partial charge in [-0.3, -0.25) is 9.13 Å². The maximum Gasteiger partial charge on any atom is 2.00 e. The van der Waals surface area contributed by atoms with Gasteiger partial charge in [-0.25, -0.2) is 0 Å². The summed E-state index contributed by atoms with van der Waals surface area (Å²) < 4.78 is 19.7. The maximum absolute atomic E-state index is 9.85. The molecule has 8 N–H and O–H groups in total. The summed E-state index contributed by atoms with van der Waals surface area (Å²) in [5.41, 5.74) is 25.1. The Morgan fingerprint density at radius 2 is 0.789 bits per heavy atom. The molecule has 0 rings (SSSR count). The van der Waals surface area contributed by atoms with Crippen molar-refractivity contribution in [2.75, 3.05) is 32.1 Å². The minimum Gasteiger partial charge on any atom is -0.679 e. The van der Waals surface area contributed by atoms with Gasteiger partial charge in [0.25, 0.3) is 0 Å². The summed E-state index contributed by atoms with van der Waals surface area (Å²) in [5, 5.41) is 0. The monoisotopic (exact) mass is 682 g/mol. The third kappa shape index (κ3) is 66.1. The fraction of sp³-hybridized carbons (Fsp3) is 1.00. The molecule has 0 aliphatic carbocycles. The van der Waals surface area contributed by atoms with Crippen LogP contribution in [-0.4, -0.2) is 51.7 Å². The van der Waals surface area contributed by atoms with Crippen molar-refractivity contribution in [3.05, 3.63) is 22.9 Å². The predicted molar refractivity (Wildman–Crippen MR) is 65.7 cm³/mol. The second kappa shape index (κ2) is 19.5. The molecule has 14 heteroatoms. The first-order chi connectivity index (χ1) is 7.54. The smallest absolute Gasteiger partial charge is 0.679 e. The molecular weight excluding hydrogens is 664 g/mol. The molecule has 0 amide bonds. The van der Waals surface area contributed by atoms with Crippen LogP contribution in [0.2, 0.25) is 0 Å². The Labute approximate surface area is 140 Å². The van der Waals surface area contributed by atoms with Crippen LogP contribution in [0.3, 0.4) is 0 Å². The standard InChI is InChI=1S/2C2H6N2.CH6O6P2.2Pt/c2*3-1-2-4;2-8(3,4)1-9(5,6)7;;/h2*3-4H,1-2H2;1H2,(H2,2,3,4)(H2,5,6,7);;/q2*-2;;2*+2. The fourth-order valence-electron chi connectivity index (χ4n) is 0.240. The van der Waals surface area contributed by atoms with E-state index in [0.29, 0.717) is 0 Å². The van der Waals surface area contributed by atoms with Gasteiger partial charge in [0.2, 0.25) is 0 Å². The molecule has 0 radical (unpaired) electrons. The molecule has 0 spiro atoms. The van der Waals surface area contributed by atoms with Gasteiger partial charge in [0, 0.05) is 0 Å². The molecule has 0 unspecified atom stereocenters. The molecule has 0 atom stereocenters. The van der Waals surface area contributed by atoms with Gasteiger partial charge >= 0.3 is 57.3 Å². The number of nitrogens with one attached hydrogen (secondary N) is 4. The molecule has 0 saturated carbocycles. The van der Waals surface area contributed by atoms with Crippen molar-refractivity contribution in [2.45, 2.75) is 0 Å². The summed E-state index contributed by atoms with van der Waals surface area (Å²) in [7, 11) is -9.10. The zero-order valence-electron chi connectivity index (χ0n) is 9.67. The van der Waals surface area contributed by atoms with Crippen molar-refractivity contribution in [2.24, 2.45) is 0 Å². The van der Waals surface area contributed by atoms with E-state index in [1.165, 1.54) is 0 Å². The van der Waals surface area contributed by atoms with E-state index in [4.69, 9.17) is 42.5 Å². The van der Waals surface area contributed by atoms with Crippen molar-refractivity contribution >= 4 is 15.2 Å². The molecule has 0 aliphatic rings. The summed E-state index contributed by atoms with van der Waals surface area (Å²) in [6.07, 6.45) is 0. The van der Waals surface area contributed by atoms with Gasteiger partial charge in [0.1, 0.15) is 0 Å². The second-order valence-corrected chi connectivity index (χ2v) is 6.26. The maximum atomic E-state index is 9.85. The number of hydrogen-bond donors (Lipinski definition) is 4. The molecule has 0 aromatic heterocycles. The Morgan fingerprint density at radius 3 is 0.789 bits per heavy atom. The molecule has 0 aliphatic heterocycles. The van der Waals surface area contributed by atoms with Crippen molar-refractivity contribution in [3.8, 4) is 0 Å². The van der Waals surface area contributed by atoms with Gasteiger partial charge in [0.05, 0.1) is 0 Å². The van der Waals surface area contributed by atoms with Crippen LogP contribution in [0, 0.1) is 0 Å². The Bertz CT molecular complexity index is 222. The van der Waals surface area contributed by atoms with E-state index in [9.17, 15) is 9.13 Å². The van der Waals surface area contributed by atoms with Crippen molar-refractivity contribution < 1.29 is 70.8 Å². The van der Waals surface area contributed by atoms with Gasteiger partial charge in [-0.05, 0) is 0 Å². The summed E-state index contributed by atoms with van der Waals surface area (Å²) in [6, 6.07) is 0. The van der Waals surface area contributed by atoms with Crippen LogP contribution in [-0.2, 0) is 51.3 Å². The van der Waals surface area contributed by atoms with Crippen LogP contribution in [0.15, 0.2) is 0 Å². The van der Waals surface area contributed by atoms with Crippen LogP contribution in [0.4, 0.5) is 0 Å². The van der Waals surface area contributed by atoms with Gasteiger partial charge in [-0.1, -0.05) is 0 Å². The van der Waals surface area contributed by atoms with E-state index in [1.54, 1.807) is 0 Å². The minimum atomic E-state index is -4.55. The van der Waals surface area contributed by atoms with Crippen molar-refractivity contribution in [3.63, 3.8) is 0 Å². The minimum absolute atomic E-state index is 0. The average molecular weight is 682 g/mol. The third-order valence-corrected chi connectivity index (χ3v) is 3.57. The molecule has 0 bridgehead atoms. The zero-order valence-corrected chi connectivity index (χ0v) is 16.0. The second-order valence-electron chi connectivity index (χ2n) is 2.47. The largest absolute Gasteiger partial charge is 2.00 e. The summed E-state index contributed by atoms with van der Waals surface area (Å²) in [6.45, 7) is 0.944. The normalized spacial score (nSPS) is 9.68. The van der Waals surface area contributed by atoms with Crippen LogP contribution < -0.4 is 0 Å². The fourth-order valence-corrected chi connectivity index (χ4v) is 2.16. The van der Waals surface area contributed by atoms with Crippen molar-refractivity contribution in [1.82, 2.24) is 0 Å². The van der Waals surface area contributed by atoms with Crippen molar-refractivity contribution in [1.29, 1.82) is 0 Å². The van der Waals surface area contributed by atoms with E-state index in [0.717, 1.165) is 0 Å². The van der Waals surface area contributed by atoms with E-state index < -0.39 is 21.1 Å². The molecule has 0 heterocycles. The molecule has 0 aromatic carbocycles. The average Bonchev–Trinajstić information content (AvgIpc) is 2.13. The van der Waals surface area contributed by atoms with Crippen LogP contribution in [0.1, 0.15) is 0 Å². The molecule has 0 fully saturated rings. The molecule has 0 saturated heterocycles. The first-order valence-corrected chi connectivity index (χ1v) is 7.81. The Hall–Kier alpha value is 1.52. The summed E-state index contributed by atoms with van der Waals surface area (Å²) in [4.78, 5) is 31.9. The van der Waals surface area contributed by atoms with Crippen LogP contribution >= 0.6 is 15.2 Å². The summed E-state index contributed by atoms with van der Waals surface area (Å²) >= 11 is 0. The SMILES string of the molecule is O=P(O)(O)CP(=O)(O)O.[NH-]CC[NH-].[NH-]CC[NH-].[Pt+2].[Pt+2]. The molecular formula is C5H18N4O6P2Pt2. The zero-order chi connectivity index (χ0) is 14.5. The number of hydrogen-bond acceptors (Lipinski definition) is 2. The molecule has 19 heavy (non-hydrogen) atoms. The first-order valence-electron chi connectivity index (χ1n) is 4.21. The Kier molecular flexibility index (Phi) is 33.3. The number of rotatable bonds is 4. The Morgan fingerprint density at radius 1 is 0.632 bits per heavy atom. The van der Waals surface area contributed by atoms with Crippen LogP contribution in [0.5, 0.6) is 0 Å². The van der Waals surface area contributed by atoms with Gasteiger partial charge in [0.15, 0.2) is 5.90 Å². The van der Waals surface area contributed by atoms with E-state index in [1.807, 2.05) is 0 Å². The summed E-state index contributed by atoms with van der Waals surface area (Å²) in [5.74, 6) is -1.38. The van der Waals surface area contributed by atoms with E-state index in [2.05, 4.69) is 0 Å². The van der Waals surface area contributed by atoms with Crippen LogP contribution in [0.25, 0.3) is 22.9 Å². The van der Waals surface area contributed by atoms with Gasteiger partial charge in [-0.2, -0.15) is 26.2 Å². The molecule has 10 nitrogen and oxygen atoms in total. The van der Waals surface area contributed by atoms with E-state index >= 15 is 0 Å². The van der Waals surface area contributed by atoms with Gasteiger partial charge in [-0.15, -0.1) is 0 Å². The molecule has 0 aromatic rings.